The molecule has 0 atom stereocenters. The van der Waals surface area contributed by atoms with Crippen LogP contribution in [0.4, 0.5) is 0 Å². The van der Waals surface area contributed by atoms with Crippen LogP contribution in [0.2, 0.25) is 0 Å². The molecule has 49 heavy (non-hydrogen) atoms. The van der Waals surface area contributed by atoms with Gasteiger partial charge >= 0.3 is 0 Å². The SMILES string of the molecule is c1ccc(-c2cc3cc(-c4c5ccccc5c(-c5cccc6c5oc5ccccc56)c5ccccc45)c4c5ccccc5oc4c3o2)cc1. The lowest BCUT2D eigenvalue weighted by atomic mass is 9.84. The molecule has 0 N–H and O–H groups in total. The molecule has 228 valence electrons. The van der Waals surface area contributed by atoms with Gasteiger partial charge in [-0.1, -0.05) is 133 Å². The molecule has 0 saturated carbocycles. The third-order valence-corrected chi connectivity index (χ3v) is 10.1. The maximum Gasteiger partial charge on any atom is 0.179 e. The summed E-state index contributed by atoms with van der Waals surface area (Å²) in [6, 6.07) is 55.3. The predicted molar refractivity (Wildman–Crippen MR) is 202 cm³/mol. The van der Waals surface area contributed by atoms with Gasteiger partial charge in [-0.25, -0.2) is 0 Å². The highest BCUT2D eigenvalue weighted by Crippen LogP contribution is 2.50. The van der Waals surface area contributed by atoms with E-state index >= 15 is 0 Å². The van der Waals surface area contributed by atoms with E-state index in [-0.39, 0.29) is 0 Å². The Bertz CT molecular complexity index is 3040. The van der Waals surface area contributed by atoms with Crippen LogP contribution in [0.25, 0.3) is 110 Å². The topological polar surface area (TPSA) is 39.4 Å². The minimum absolute atomic E-state index is 0.760. The maximum atomic E-state index is 6.67. The van der Waals surface area contributed by atoms with E-state index in [4.69, 9.17) is 13.3 Å². The predicted octanol–water partition coefficient (Wildman–Crippen LogP) is 13.5. The Morgan fingerprint density at radius 3 is 1.55 bits per heavy atom. The molecule has 0 saturated heterocycles. The van der Waals surface area contributed by atoms with Crippen molar-refractivity contribution < 1.29 is 13.3 Å². The van der Waals surface area contributed by atoms with E-state index in [1.165, 1.54) is 32.7 Å². The van der Waals surface area contributed by atoms with Crippen molar-refractivity contribution in [2.75, 3.05) is 0 Å². The Labute approximate surface area is 280 Å². The summed E-state index contributed by atoms with van der Waals surface area (Å²) in [5, 5.41) is 10.0. The van der Waals surface area contributed by atoms with E-state index in [1.54, 1.807) is 0 Å². The molecule has 3 nitrogen and oxygen atoms in total. The molecule has 3 heteroatoms. The molecule has 0 bridgehead atoms. The number of fused-ring (bicyclic) bond motifs is 10. The van der Waals surface area contributed by atoms with Crippen LogP contribution in [0.15, 0.2) is 171 Å². The molecule has 0 spiro atoms. The van der Waals surface area contributed by atoms with E-state index < -0.39 is 0 Å². The second-order valence-corrected chi connectivity index (χ2v) is 12.7. The number of hydrogen-bond acceptors (Lipinski definition) is 3. The van der Waals surface area contributed by atoms with Gasteiger partial charge < -0.3 is 13.3 Å². The summed E-state index contributed by atoms with van der Waals surface area (Å²) in [6.45, 7) is 0. The third-order valence-electron chi connectivity index (χ3n) is 10.1. The molecule has 3 heterocycles. The Hall–Kier alpha value is -6.58. The number of para-hydroxylation sites is 3. The summed E-state index contributed by atoms with van der Waals surface area (Å²) in [4.78, 5) is 0. The van der Waals surface area contributed by atoms with E-state index in [9.17, 15) is 0 Å². The van der Waals surface area contributed by atoms with Crippen molar-refractivity contribution in [3.05, 3.63) is 158 Å². The minimum atomic E-state index is 0.760. The zero-order valence-corrected chi connectivity index (χ0v) is 26.2. The fourth-order valence-electron chi connectivity index (χ4n) is 7.98. The number of rotatable bonds is 3. The summed E-state index contributed by atoms with van der Waals surface area (Å²) in [6.07, 6.45) is 0. The summed E-state index contributed by atoms with van der Waals surface area (Å²) in [5.74, 6) is 0.818. The summed E-state index contributed by atoms with van der Waals surface area (Å²) >= 11 is 0. The van der Waals surface area contributed by atoms with Gasteiger partial charge in [0.1, 0.15) is 22.5 Å². The van der Waals surface area contributed by atoms with Gasteiger partial charge in [0.25, 0.3) is 0 Å². The van der Waals surface area contributed by atoms with Gasteiger partial charge in [-0.05, 0) is 56.9 Å². The zero-order chi connectivity index (χ0) is 32.1. The van der Waals surface area contributed by atoms with Crippen molar-refractivity contribution in [1.82, 2.24) is 0 Å². The zero-order valence-electron chi connectivity index (χ0n) is 26.2. The van der Waals surface area contributed by atoms with Crippen LogP contribution >= 0.6 is 0 Å². The first-order valence-corrected chi connectivity index (χ1v) is 16.6. The molecule has 0 unspecified atom stereocenters. The summed E-state index contributed by atoms with van der Waals surface area (Å²) < 4.78 is 19.9. The van der Waals surface area contributed by atoms with Crippen molar-refractivity contribution in [2.24, 2.45) is 0 Å². The Morgan fingerprint density at radius 1 is 0.327 bits per heavy atom. The number of hydrogen-bond donors (Lipinski definition) is 0. The fourth-order valence-corrected chi connectivity index (χ4v) is 7.98. The van der Waals surface area contributed by atoms with Gasteiger partial charge in [-0.2, -0.15) is 0 Å². The maximum absolute atomic E-state index is 6.67. The molecule has 3 aromatic heterocycles. The fraction of sp³-hybridized carbons (Fsp3) is 0. The summed E-state index contributed by atoms with van der Waals surface area (Å²) in [7, 11) is 0. The van der Waals surface area contributed by atoms with Crippen LogP contribution in [0.3, 0.4) is 0 Å². The molecule has 0 radical (unpaired) electrons. The van der Waals surface area contributed by atoms with Crippen LogP contribution in [-0.4, -0.2) is 0 Å². The van der Waals surface area contributed by atoms with E-state index in [1.807, 2.05) is 42.5 Å². The molecule has 11 rings (SSSR count). The van der Waals surface area contributed by atoms with Crippen molar-refractivity contribution in [2.45, 2.75) is 0 Å². The highest BCUT2D eigenvalue weighted by molar-refractivity contribution is 6.29. The quantitative estimate of drug-likeness (QED) is 0.183. The second-order valence-electron chi connectivity index (χ2n) is 12.7. The molecule has 8 aromatic carbocycles. The molecular formula is C46H26O3. The lowest BCUT2D eigenvalue weighted by Gasteiger charge is -2.18. The van der Waals surface area contributed by atoms with Crippen LogP contribution in [0.1, 0.15) is 0 Å². The molecule has 0 aliphatic carbocycles. The number of benzene rings is 8. The standard InChI is InChI=1S/C46H26O3/c1-2-13-27(14-3-1)40-26-28-25-37(43-35-20-9-11-24-39(35)48-46(43)44(28)49-40)42-32-18-6-4-16-30(32)41(31-17-5-7-19-33(31)42)36-22-12-21-34-29-15-8-10-23-38(29)47-45(34)36/h1-26H. The highest BCUT2D eigenvalue weighted by Gasteiger charge is 2.25. The lowest BCUT2D eigenvalue weighted by molar-refractivity contribution is 0.611. The summed E-state index contributed by atoms with van der Waals surface area (Å²) in [5.41, 5.74) is 9.75. The van der Waals surface area contributed by atoms with Gasteiger partial charge in [-0.3, -0.25) is 0 Å². The Kier molecular flexibility index (Phi) is 5.38. The van der Waals surface area contributed by atoms with Gasteiger partial charge in [0, 0.05) is 43.6 Å². The van der Waals surface area contributed by atoms with Crippen molar-refractivity contribution in [1.29, 1.82) is 0 Å². The second kappa shape index (κ2) is 9.96. The molecule has 0 aliphatic rings. The average Bonchev–Trinajstić information content (AvgIpc) is 3.88. The third kappa shape index (κ3) is 3.73. The van der Waals surface area contributed by atoms with Crippen LogP contribution < -0.4 is 0 Å². The van der Waals surface area contributed by atoms with Crippen LogP contribution in [-0.2, 0) is 0 Å². The smallest absolute Gasteiger partial charge is 0.179 e. The Morgan fingerprint density at radius 2 is 0.857 bits per heavy atom. The van der Waals surface area contributed by atoms with Gasteiger partial charge in [0.2, 0.25) is 0 Å². The van der Waals surface area contributed by atoms with Crippen LogP contribution in [0, 0.1) is 0 Å². The normalized spacial score (nSPS) is 12.1. The number of furan rings is 3. The van der Waals surface area contributed by atoms with Gasteiger partial charge in [-0.15, -0.1) is 0 Å². The van der Waals surface area contributed by atoms with E-state index in [0.29, 0.717) is 0 Å². The first-order valence-electron chi connectivity index (χ1n) is 16.6. The average molecular weight is 627 g/mol. The van der Waals surface area contributed by atoms with Crippen LogP contribution in [0.5, 0.6) is 0 Å². The molecule has 0 fully saturated rings. The van der Waals surface area contributed by atoms with E-state index in [2.05, 4.69) is 115 Å². The highest BCUT2D eigenvalue weighted by atomic mass is 16.4. The molecular weight excluding hydrogens is 601 g/mol. The molecule has 0 amide bonds. The van der Waals surface area contributed by atoms with Gasteiger partial charge in [0.15, 0.2) is 11.2 Å². The van der Waals surface area contributed by atoms with Crippen molar-refractivity contribution >= 4 is 76.4 Å². The molecule has 0 aliphatic heterocycles. The van der Waals surface area contributed by atoms with Crippen molar-refractivity contribution in [3.63, 3.8) is 0 Å². The largest absolute Gasteiger partial charge is 0.455 e. The van der Waals surface area contributed by atoms with E-state index in [0.717, 1.165) is 77.3 Å². The Balaban J connectivity index is 1.30. The monoisotopic (exact) mass is 626 g/mol. The first-order chi connectivity index (χ1) is 24.3. The van der Waals surface area contributed by atoms with Gasteiger partial charge in [0.05, 0.1) is 0 Å². The first kappa shape index (κ1) is 26.5. The minimum Gasteiger partial charge on any atom is -0.455 e. The molecule has 11 aromatic rings. The van der Waals surface area contributed by atoms with Crippen molar-refractivity contribution in [3.8, 4) is 33.6 Å². The lowest BCUT2D eigenvalue weighted by Crippen LogP contribution is -1.91.